The predicted octanol–water partition coefficient (Wildman–Crippen LogP) is 4.11. The van der Waals surface area contributed by atoms with Crippen molar-refractivity contribution in [3.63, 3.8) is 0 Å². The summed E-state index contributed by atoms with van der Waals surface area (Å²) in [5.41, 5.74) is 1.73. The molecule has 0 aromatic heterocycles. The number of benzene rings is 1. The van der Waals surface area contributed by atoms with E-state index in [0.29, 0.717) is 17.1 Å². The van der Waals surface area contributed by atoms with Gasteiger partial charge >= 0.3 is 0 Å². The molecule has 0 heterocycles. The van der Waals surface area contributed by atoms with Crippen molar-refractivity contribution >= 4 is 0 Å². The van der Waals surface area contributed by atoms with E-state index in [9.17, 15) is 5.11 Å². The van der Waals surface area contributed by atoms with Crippen molar-refractivity contribution in [1.82, 2.24) is 0 Å². The molecule has 3 aliphatic rings. The summed E-state index contributed by atoms with van der Waals surface area (Å²) in [5.74, 6) is 2.02. The number of fused-ring (bicyclic) bond motifs is 2. The minimum atomic E-state index is 0.210. The number of rotatable bonds is 1. The summed E-state index contributed by atoms with van der Waals surface area (Å²) in [4.78, 5) is 0. The second-order valence-corrected chi connectivity index (χ2v) is 6.59. The molecule has 0 spiro atoms. The van der Waals surface area contributed by atoms with Crippen LogP contribution in [0.15, 0.2) is 24.3 Å². The zero-order valence-electron chi connectivity index (χ0n) is 11.0. The number of hydrogen-bond donors (Lipinski definition) is 1. The van der Waals surface area contributed by atoms with Crippen LogP contribution in [0.3, 0.4) is 0 Å². The number of aromatic hydroxyl groups is 1. The summed E-state index contributed by atoms with van der Waals surface area (Å²) in [6.07, 6.45) is 3.94. The molecule has 0 radical (unpaired) electrons. The van der Waals surface area contributed by atoms with E-state index >= 15 is 0 Å². The average molecular weight is 230 g/mol. The lowest BCUT2D eigenvalue weighted by molar-refractivity contribution is -0.134. The molecule has 1 heteroatoms. The minimum absolute atomic E-state index is 0.210. The third-order valence-electron chi connectivity index (χ3n) is 5.91. The van der Waals surface area contributed by atoms with Crippen LogP contribution in [0.5, 0.6) is 5.75 Å². The molecule has 3 atom stereocenters. The molecule has 1 aromatic rings. The Morgan fingerprint density at radius 1 is 1.18 bits per heavy atom. The van der Waals surface area contributed by atoms with Crippen LogP contribution in [0.1, 0.15) is 45.6 Å². The van der Waals surface area contributed by atoms with Gasteiger partial charge in [-0.1, -0.05) is 39.0 Å². The van der Waals surface area contributed by atoms with E-state index in [2.05, 4.69) is 32.9 Å². The summed E-state index contributed by atoms with van der Waals surface area (Å²) in [6.45, 7) is 7.15. The van der Waals surface area contributed by atoms with Gasteiger partial charge in [-0.15, -0.1) is 0 Å². The van der Waals surface area contributed by atoms with Crippen LogP contribution in [-0.2, 0) is 5.41 Å². The molecule has 1 N–H and O–H groups in total. The summed E-state index contributed by atoms with van der Waals surface area (Å²) in [5, 5.41) is 10.2. The summed E-state index contributed by atoms with van der Waals surface area (Å²) >= 11 is 0. The third-order valence-corrected chi connectivity index (χ3v) is 5.91. The highest BCUT2D eigenvalue weighted by Crippen LogP contribution is 2.71. The van der Waals surface area contributed by atoms with Gasteiger partial charge in [-0.2, -0.15) is 0 Å². The standard InChI is InChI=1S/C16H22O/c1-11-8-9-12-10-16(11,15(12,2)3)13-6-4-5-7-14(13)17/h4-7,11-12,17H,8-10H2,1-3H3. The van der Waals surface area contributed by atoms with E-state index in [1.54, 1.807) is 0 Å². The second-order valence-electron chi connectivity index (χ2n) is 6.59. The van der Waals surface area contributed by atoms with Gasteiger partial charge < -0.3 is 5.11 Å². The van der Waals surface area contributed by atoms with Gasteiger partial charge in [-0.05, 0) is 42.6 Å². The maximum Gasteiger partial charge on any atom is 0.119 e. The minimum Gasteiger partial charge on any atom is -0.508 e. The van der Waals surface area contributed by atoms with Gasteiger partial charge in [0.1, 0.15) is 5.75 Å². The van der Waals surface area contributed by atoms with E-state index in [-0.39, 0.29) is 5.41 Å². The molecule has 3 unspecified atom stereocenters. The first-order valence-corrected chi connectivity index (χ1v) is 6.78. The smallest absolute Gasteiger partial charge is 0.119 e. The molecule has 92 valence electrons. The highest BCUT2D eigenvalue weighted by molar-refractivity contribution is 5.44. The Labute approximate surface area is 104 Å². The van der Waals surface area contributed by atoms with Gasteiger partial charge in [0.2, 0.25) is 0 Å². The predicted molar refractivity (Wildman–Crippen MR) is 70.1 cm³/mol. The van der Waals surface area contributed by atoms with Crippen molar-refractivity contribution in [2.45, 2.75) is 45.4 Å². The van der Waals surface area contributed by atoms with Gasteiger partial charge in [-0.3, -0.25) is 0 Å². The maximum atomic E-state index is 10.2. The third kappa shape index (κ3) is 1.15. The Kier molecular flexibility index (Phi) is 2.14. The number of hydrogen-bond acceptors (Lipinski definition) is 1. The Balaban J connectivity index is 2.14. The molecule has 1 aromatic carbocycles. The first-order valence-electron chi connectivity index (χ1n) is 6.78. The SMILES string of the molecule is CC1CCC2CC1(c1ccccc1O)C2(C)C. The van der Waals surface area contributed by atoms with E-state index in [0.717, 1.165) is 5.92 Å². The first-order chi connectivity index (χ1) is 8.00. The quantitative estimate of drug-likeness (QED) is 0.770. The van der Waals surface area contributed by atoms with Crippen LogP contribution in [0.4, 0.5) is 0 Å². The Hall–Kier alpha value is -0.980. The van der Waals surface area contributed by atoms with Gasteiger partial charge in [0.15, 0.2) is 0 Å². The van der Waals surface area contributed by atoms with E-state index in [4.69, 9.17) is 0 Å². The van der Waals surface area contributed by atoms with Crippen molar-refractivity contribution in [3.8, 4) is 5.75 Å². The second kappa shape index (κ2) is 3.28. The molecule has 4 rings (SSSR count). The van der Waals surface area contributed by atoms with E-state index < -0.39 is 0 Å². The monoisotopic (exact) mass is 230 g/mol. The number of phenols is 1. The Bertz CT molecular complexity index is 449. The molecular formula is C16H22O. The normalized spacial score (nSPS) is 38.5. The van der Waals surface area contributed by atoms with Gasteiger partial charge in [0, 0.05) is 11.0 Å². The lowest BCUT2D eigenvalue weighted by atomic mass is 9.35. The van der Waals surface area contributed by atoms with Crippen molar-refractivity contribution in [2.24, 2.45) is 17.3 Å². The van der Waals surface area contributed by atoms with Gasteiger partial charge in [0.05, 0.1) is 0 Å². The van der Waals surface area contributed by atoms with Crippen LogP contribution >= 0.6 is 0 Å². The van der Waals surface area contributed by atoms with E-state index in [1.165, 1.54) is 24.8 Å². The topological polar surface area (TPSA) is 20.2 Å². The van der Waals surface area contributed by atoms with Crippen molar-refractivity contribution in [2.75, 3.05) is 0 Å². The van der Waals surface area contributed by atoms with E-state index in [1.807, 2.05) is 12.1 Å². The van der Waals surface area contributed by atoms with Crippen LogP contribution in [0, 0.1) is 17.3 Å². The molecular weight excluding hydrogens is 208 g/mol. The molecule has 3 aliphatic carbocycles. The fourth-order valence-electron chi connectivity index (χ4n) is 4.71. The Morgan fingerprint density at radius 2 is 1.88 bits per heavy atom. The van der Waals surface area contributed by atoms with Gasteiger partial charge in [0.25, 0.3) is 0 Å². The summed E-state index contributed by atoms with van der Waals surface area (Å²) in [7, 11) is 0. The molecule has 1 nitrogen and oxygen atoms in total. The van der Waals surface area contributed by atoms with Crippen LogP contribution in [0.2, 0.25) is 0 Å². The largest absolute Gasteiger partial charge is 0.508 e. The molecule has 0 saturated heterocycles. The van der Waals surface area contributed by atoms with Crippen molar-refractivity contribution in [3.05, 3.63) is 29.8 Å². The molecule has 0 aliphatic heterocycles. The summed E-state index contributed by atoms with van der Waals surface area (Å²) in [6, 6.07) is 7.96. The maximum absolute atomic E-state index is 10.2. The molecule has 3 fully saturated rings. The molecule has 3 saturated carbocycles. The fourth-order valence-corrected chi connectivity index (χ4v) is 4.71. The molecule has 17 heavy (non-hydrogen) atoms. The van der Waals surface area contributed by atoms with Crippen molar-refractivity contribution < 1.29 is 5.11 Å². The van der Waals surface area contributed by atoms with Gasteiger partial charge in [-0.25, -0.2) is 0 Å². The first kappa shape index (κ1) is 11.1. The zero-order valence-corrected chi connectivity index (χ0v) is 11.0. The summed E-state index contributed by atoms with van der Waals surface area (Å²) < 4.78 is 0. The van der Waals surface area contributed by atoms with Crippen LogP contribution in [-0.4, -0.2) is 5.11 Å². The van der Waals surface area contributed by atoms with Crippen LogP contribution < -0.4 is 0 Å². The number of phenolic OH excluding ortho intramolecular Hbond substituents is 1. The highest BCUT2D eigenvalue weighted by Gasteiger charge is 2.65. The fraction of sp³-hybridized carbons (Fsp3) is 0.625. The highest BCUT2D eigenvalue weighted by atomic mass is 16.3. The molecule has 0 amide bonds. The Morgan fingerprint density at radius 3 is 2.47 bits per heavy atom. The van der Waals surface area contributed by atoms with Crippen molar-refractivity contribution in [1.29, 1.82) is 0 Å². The van der Waals surface area contributed by atoms with Crippen LogP contribution in [0.25, 0.3) is 0 Å². The zero-order chi connectivity index (χ0) is 12.3. The lowest BCUT2D eigenvalue weighted by Crippen LogP contribution is -2.64. The lowest BCUT2D eigenvalue weighted by Gasteiger charge is -2.69. The average Bonchev–Trinajstić information content (AvgIpc) is 2.30. The molecule has 2 bridgehead atoms. The number of para-hydroxylation sites is 1.